The summed E-state index contributed by atoms with van der Waals surface area (Å²) in [7, 11) is 0. The molecule has 0 bridgehead atoms. The van der Waals surface area contributed by atoms with Crippen molar-refractivity contribution in [2.45, 2.75) is 12.6 Å². The van der Waals surface area contributed by atoms with Gasteiger partial charge in [-0.1, -0.05) is 12.1 Å². The number of halogens is 3. The Bertz CT molecular complexity index is 1240. The van der Waals surface area contributed by atoms with E-state index in [9.17, 15) is 13.2 Å². The van der Waals surface area contributed by atoms with E-state index in [1.165, 1.54) is 6.07 Å². The lowest BCUT2D eigenvalue weighted by atomic mass is 10.1. The fourth-order valence-electron chi connectivity index (χ4n) is 3.16. The molecule has 0 saturated heterocycles. The summed E-state index contributed by atoms with van der Waals surface area (Å²) in [5.41, 5.74) is 1.01. The summed E-state index contributed by atoms with van der Waals surface area (Å²) in [6.45, 7) is 0.193. The molecule has 30 heavy (non-hydrogen) atoms. The molecule has 5 rings (SSSR count). The smallest absolute Gasteiger partial charge is 0.416 e. The lowest BCUT2D eigenvalue weighted by Crippen LogP contribution is -2.06. The van der Waals surface area contributed by atoms with E-state index in [1.807, 2.05) is 18.2 Å². The fraction of sp³-hybridized carbons (Fsp3) is 0.150. The zero-order valence-electron chi connectivity index (χ0n) is 15.3. The third kappa shape index (κ3) is 3.47. The average Bonchev–Trinajstić information content (AvgIpc) is 3.34. The number of rotatable bonds is 4. The normalized spacial score (nSPS) is 13.0. The van der Waals surface area contributed by atoms with E-state index in [4.69, 9.17) is 9.47 Å². The Morgan fingerprint density at radius 3 is 2.70 bits per heavy atom. The molecule has 2 aromatic heterocycles. The predicted molar refractivity (Wildman–Crippen MR) is 101 cm³/mol. The minimum Gasteiger partial charge on any atom is -0.454 e. The Morgan fingerprint density at radius 2 is 1.83 bits per heavy atom. The van der Waals surface area contributed by atoms with Gasteiger partial charge in [-0.3, -0.25) is 0 Å². The molecule has 0 atom stereocenters. The summed E-state index contributed by atoms with van der Waals surface area (Å²) < 4.78 is 51.1. The highest BCUT2D eigenvalue weighted by atomic mass is 19.4. The molecule has 1 aliphatic rings. The van der Waals surface area contributed by atoms with Crippen LogP contribution in [0, 0.1) is 0 Å². The fourth-order valence-corrected chi connectivity index (χ4v) is 3.16. The number of fused-ring (bicyclic) bond motifs is 2. The number of alkyl halides is 3. The predicted octanol–water partition coefficient (Wildman–Crippen LogP) is 4.21. The highest BCUT2D eigenvalue weighted by Crippen LogP contribution is 2.33. The zero-order chi connectivity index (χ0) is 20.7. The number of nitrogens with zero attached hydrogens (tertiary/aromatic N) is 4. The van der Waals surface area contributed by atoms with E-state index in [0.29, 0.717) is 35.2 Å². The van der Waals surface area contributed by atoms with Crippen molar-refractivity contribution in [3.8, 4) is 11.5 Å². The maximum Gasteiger partial charge on any atom is 0.416 e. The quantitative estimate of drug-likeness (QED) is 0.541. The van der Waals surface area contributed by atoms with Crippen LogP contribution < -0.4 is 14.8 Å². The maximum atomic E-state index is 12.9. The van der Waals surface area contributed by atoms with Crippen molar-refractivity contribution in [1.82, 2.24) is 19.8 Å². The van der Waals surface area contributed by atoms with Crippen molar-refractivity contribution < 1.29 is 22.6 Å². The SMILES string of the molecule is FC(F)(F)c1cccc(Nc2ccc3nnc(Cc4ccc5c(c4)OCO5)n3n2)c1. The molecular formula is C20H14F3N5O2. The van der Waals surface area contributed by atoms with Gasteiger partial charge in [-0.2, -0.15) is 17.7 Å². The second-order valence-electron chi connectivity index (χ2n) is 6.67. The van der Waals surface area contributed by atoms with Gasteiger partial charge in [0.15, 0.2) is 28.8 Å². The molecule has 4 aromatic rings. The average molecular weight is 413 g/mol. The monoisotopic (exact) mass is 413 g/mol. The van der Waals surface area contributed by atoms with E-state index >= 15 is 0 Å². The number of ether oxygens (including phenoxy) is 2. The van der Waals surface area contributed by atoms with E-state index in [0.717, 1.165) is 17.7 Å². The Kier molecular flexibility index (Phi) is 4.19. The van der Waals surface area contributed by atoms with Crippen LogP contribution in [0.2, 0.25) is 0 Å². The van der Waals surface area contributed by atoms with Crippen LogP contribution in [0.3, 0.4) is 0 Å². The molecule has 0 fully saturated rings. The molecule has 0 amide bonds. The lowest BCUT2D eigenvalue weighted by Gasteiger charge is -2.10. The van der Waals surface area contributed by atoms with Gasteiger partial charge in [0.2, 0.25) is 6.79 Å². The number of benzene rings is 2. The molecule has 0 aliphatic carbocycles. The van der Waals surface area contributed by atoms with Crippen LogP contribution in [0.1, 0.15) is 17.0 Å². The van der Waals surface area contributed by atoms with Gasteiger partial charge in [-0.05, 0) is 48.0 Å². The van der Waals surface area contributed by atoms with Crippen LogP contribution in [-0.4, -0.2) is 26.6 Å². The molecule has 10 heteroatoms. The van der Waals surface area contributed by atoms with E-state index < -0.39 is 11.7 Å². The van der Waals surface area contributed by atoms with Gasteiger partial charge in [0.05, 0.1) is 5.56 Å². The van der Waals surface area contributed by atoms with Crippen LogP contribution in [0.25, 0.3) is 5.65 Å². The molecule has 1 N–H and O–H groups in total. The number of anilines is 2. The maximum absolute atomic E-state index is 12.9. The van der Waals surface area contributed by atoms with Crippen molar-refractivity contribution in [3.63, 3.8) is 0 Å². The topological polar surface area (TPSA) is 73.6 Å². The van der Waals surface area contributed by atoms with E-state index in [1.54, 1.807) is 22.7 Å². The van der Waals surface area contributed by atoms with E-state index in [-0.39, 0.29) is 12.5 Å². The van der Waals surface area contributed by atoms with Crippen LogP contribution in [0.15, 0.2) is 54.6 Å². The van der Waals surface area contributed by atoms with Gasteiger partial charge in [0.25, 0.3) is 0 Å². The van der Waals surface area contributed by atoms with Crippen molar-refractivity contribution >= 4 is 17.2 Å². The molecule has 1 aliphatic heterocycles. The first-order valence-corrected chi connectivity index (χ1v) is 9.00. The molecular weight excluding hydrogens is 399 g/mol. The zero-order valence-corrected chi connectivity index (χ0v) is 15.3. The summed E-state index contributed by atoms with van der Waals surface area (Å²) >= 11 is 0. The van der Waals surface area contributed by atoms with Crippen molar-refractivity contribution in [1.29, 1.82) is 0 Å². The molecule has 7 nitrogen and oxygen atoms in total. The molecule has 152 valence electrons. The Morgan fingerprint density at radius 1 is 0.967 bits per heavy atom. The van der Waals surface area contributed by atoms with Crippen molar-refractivity contribution in [3.05, 3.63) is 71.5 Å². The molecule has 0 spiro atoms. The van der Waals surface area contributed by atoms with E-state index in [2.05, 4.69) is 20.6 Å². The van der Waals surface area contributed by atoms with Gasteiger partial charge in [0.1, 0.15) is 0 Å². The largest absolute Gasteiger partial charge is 0.454 e. The van der Waals surface area contributed by atoms with Crippen LogP contribution in [0.5, 0.6) is 11.5 Å². The Balaban J connectivity index is 1.42. The van der Waals surface area contributed by atoms with Gasteiger partial charge < -0.3 is 14.8 Å². The highest BCUT2D eigenvalue weighted by molar-refractivity contribution is 5.58. The molecule has 0 unspecified atom stereocenters. The minimum atomic E-state index is -4.42. The standard InChI is InChI=1S/C20H14F3N5O2/c21-20(22,23)13-2-1-3-14(10-13)24-17-6-7-18-25-26-19(28(18)27-17)9-12-4-5-15-16(8-12)30-11-29-15/h1-8,10H,9,11H2,(H,24,27). The third-order valence-corrected chi connectivity index (χ3v) is 4.59. The first kappa shape index (κ1) is 18.2. The molecule has 2 aromatic carbocycles. The summed E-state index contributed by atoms with van der Waals surface area (Å²) in [4.78, 5) is 0. The van der Waals surface area contributed by atoms with Gasteiger partial charge in [0, 0.05) is 12.1 Å². The van der Waals surface area contributed by atoms with Gasteiger partial charge in [-0.25, -0.2) is 0 Å². The summed E-state index contributed by atoms with van der Waals surface area (Å²) in [6.07, 6.45) is -3.97. The van der Waals surface area contributed by atoms with Crippen LogP contribution >= 0.6 is 0 Å². The summed E-state index contributed by atoms with van der Waals surface area (Å²) in [6, 6.07) is 13.9. The summed E-state index contributed by atoms with van der Waals surface area (Å²) in [5.74, 6) is 2.31. The minimum absolute atomic E-state index is 0.193. The summed E-state index contributed by atoms with van der Waals surface area (Å²) in [5, 5.41) is 15.6. The second-order valence-corrected chi connectivity index (χ2v) is 6.67. The Labute approximate surface area is 168 Å². The highest BCUT2D eigenvalue weighted by Gasteiger charge is 2.30. The number of nitrogens with one attached hydrogen (secondary N) is 1. The van der Waals surface area contributed by atoms with Crippen LogP contribution in [-0.2, 0) is 12.6 Å². The van der Waals surface area contributed by atoms with Crippen LogP contribution in [0.4, 0.5) is 24.7 Å². The first-order valence-electron chi connectivity index (χ1n) is 9.00. The first-order chi connectivity index (χ1) is 14.5. The third-order valence-electron chi connectivity index (χ3n) is 4.59. The lowest BCUT2D eigenvalue weighted by molar-refractivity contribution is -0.137. The molecule has 0 saturated carbocycles. The van der Waals surface area contributed by atoms with Crippen molar-refractivity contribution in [2.75, 3.05) is 12.1 Å². The number of aromatic nitrogens is 4. The Hall–Kier alpha value is -3.82. The number of hydrogen-bond donors (Lipinski definition) is 1. The molecule has 3 heterocycles. The van der Waals surface area contributed by atoms with Gasteiger partial charge >= 0.3 is 6.18 Å². The second kappa shape index (κ2) is 6.90. The number of hydrogen-bond acceptors (Lipinski definition) is 6. The van der Waals surface area contributed by atoms with Crippen molar-refractivity contribution in [2.24, 2.45) is 0 Å². The van der Waals surface area contributed by atoms with Gasteiger partial charge in [-0.15, -0.1) is 15.3 Å². The molecule has 0 radical (unpaired) electrons.